The van der Waals surface area contributed by atoms with Gasteiger partial charge in [0.15, 0.2) is 5.78 Å². The predicted octanol–water partition coefficient (Wildman–Crippen LogP) is 11.0. The lowest BCUT2D eigenvalue weighted by Crippen LogP contribution is -2.24. The number of hydrogen-bond acceptors (Lipinski definition) is 5. The fourth-order valence-electron chi connectivity index (χ4n) is 10.3. The van der Waals surface area contributed by atoms with E-state index in [0.29, 0.717) is 40.4 Å². The molecule has 3 aliphatic rings. The van der Waals surface area contributed by atoms with E-state index in [2.05, 4.69) is 101 Å². The zero-order valence-electron chi connectivity index (χ0n) is 39.8. The Kier molecular flexibility index (Phi) is 15.5. The molecule has 9 nitrogen and oxygen atoms in total. The second-order valence-electron chi connectivity index (χ2n) is 19.5. The largest absolute Gasteiger partial charge is 0.480 e. The molecule has 0 unspecified atom stereocenters. The normalized spacial score (nSPS) is 22.2. The number of aliphatic carboxylic acids is 1. The van der Waals surface area contributed by atoms with Gasteiger partial charge >= 0.3 is 11.9 Å². The summed E-state index contributed by atoms with van der Waals surface area (Å²) < 4.78 is 5.77. The Bertz CT molecular complexity index is 2430. The van der Waals surface area contributed by atoms with E-state index in [0.717, 1.165) is 86.8 Å². The molecule has 6 rings (SSSR count). The van der Waals surface area contributed by atoms with Gasteiger partial charge in [-0.05, 0) is 118 Å². The highest BCUT2D eigenvalue weighted by atomic mass is 16.5. The molecule has 0 radical (unpaired) electrons. The van der Waals surface area contributed by atoms with Crippen molar-refractivity contribution in [1.82, 2.24) is 20.3 Å². The molecule has 63 heavy (non-hydrogen) atoms. The van der Waals surface area contributed by atoms with Crippen molar-refractivity contribution in [2.24, 2.45) is 35.5 Å². The van der Waals surface area contributed by atoms with Crippen molar-refractivity contribution < 1.29 is 24.2 Å². The average Bonchev–Trinajstić information content (AvgIpc) is 3.97. The maximum atomic E-state index is 14.2. The Labute approximate surface area is 375 Å². The molecule has 0 amide bonds. The van der Waals surface area contributed by atoms with Gasteiger partial charge < -0.3 is 30.1 Å². The quantitative estimate of drug-likeness (QED) is 0.0435. The van der Waals surface area contributed by atoms with Gasteiger partial charge in [0.25, 0.3) is 0 Å². The van der Waals surface area contributed by atoms with Crippen LogP contribution in [0.25, 0.3) is 29.9 Å². The molecule has 5 N–H and O–H groups in total. The molecule has 8 bridgehead atoms. The van der Waals surface area contributed by atoms with Crippen molar-refractivity contribution in [3.05, 3.63) is 96.5 Å². The van der Waals surface area contributed by atoms with Gasteiger partial charge in [-0.1, -0.05) is 105 Å². The van der Waals surface area contributed by atoms with E-state index in [1.54, 1.807) is 0 Å². The highest BCUT2D eigenvalue weighted by molar-refractivity contribution is 6.24. The zero-order valence-corrected chi connectivity index (χ0v) is 39.8. The van der Waals surface area contributed by atoms with Crippen molar-refractivity contribution in [1.29, 1.82) is 0 Å². The lowest BCUT2D eigenvalue weighted by Gasteiger charge is -2.19. The number of rotatable bonds is 20. The van der Waals surface area contributed by atoms with Gasteiger partial charge in [-0.25, -0.2) is 0 Å². The van der Waals surface area contributed by atoms with Gasteiger partial charge in [0.1, 0.15) is 12.5 Å². The van der Waals surface area contributed by atoms with Gasteiger partial charge in [-0.15, -0.1) is 0 Å². The number of ketones is 1. The summed E-state index contributed by atoms with van der Waals surface area (Å²) in [4.78, 5) is 51.4. The number of hydrogen-bond donors (Lipinski definition) is 5. The second-order valence-corrected chi connectivity index (χ2v) is 19.5. The topological polar surface area (TPSA) is 140 Å². The number of carbonyl (C=O) groups is 3. The Morgan fingerprint density at radius 1 is 0.841 bits per heavy atom. The molecule has 5 atom stereocenters. The summed E-state index contributed by atoms with van der Waals surface area (Å²) in [7, 11) is 0. The summed E-state index contributed by atoms with van der Waals surface area (Å²) in [5, 5.41) is 16.2. The first-order chi connectivity index (χ1) is 30.0. The lowest BCUT2D eigenvalue weighted by atomic mass is 9.85. The number of carbonyl (C=O) groups excluding carboxylic acids is 2. The Hall–Kier alpha value is -5.05. The van der Waals surface area contributed by atoms with Crippen molar-refractivity contribution in [2.45, 2.75) is 146 Å². The average molecular weight is 859 g/mol. The Morgan fingerprint density at radius 3 is 2.14 bits per heavy atom. The highest BCUT2D eigenvalue weighted by Gasteiger charge is 2.48. The van der Waals surface area contributed by atoms with E-state index < -0.39 is 17.7 Å². The first-order valence-corrected chi connectivity index (χ1v) is 23.8. The number of carboxylic acid groups (broad SMARTS) is 1. The summed E-state index contributed by atoms with van der Waals surface area (Å²) in [6, 6.07) is 0. The molecule has 0 spiro atoms. The molecule has 3 aromatic heterocycles. The molecule has 9 heteroatoms. The molecule has 3 aromatic rings. The van der Waals surface area contributed by atoms with Crippen LogP contribution in [0.5, 0.6) is 0 Å². The molecule has 0 saturated carbocycles. The third kappa shape index (κ3) is 10.5. The van der Waals surface area contributed by atoms with E-state index in [1.807, 2.05) is 25.2 Å². The van der Waals surface area contributed by atoms with E-state index in [1.165, 1.54) is 50.5 Å². The van der Waals surface area contributed by atoms with Crippen LogP contribution in [0.2, 0.25) is 0 Å². The van der Waals surface area contributed by atoms with Crippen LogP contribution in [-0.4, -0.2) is 44.4 Å². The van der Waals surface area contributed by atoms with Gasteiger partial charge in [0, 0.05) is 74.1 Å². The molecule has 2 aliphatic heterocycles. The maximum Gasteiger partial charge on any atom is 0.319 e. The van der Waals surface area contributed by atoms with Crippen LogP contribution >= 0.6 is 0 Å². The van der Waals surface area contributed by atoms with Crippen LogP contribution < -0.4 is 16.0 Å². The molecule has 1 aliphatic carbocycles. The van der Waals surface area contributed by atoms with Crippen LogP contribution in [0.3, 0.4) is 0 Å². The number of ether oxygens (including phenoxy) is 1. The van der Waals surface area contributed by atoms with Crippen LogP contribution in [0.4, 0.5) is 0 Å². The van der Waals surface area contributed by atoms with E-state index >= 15 is 0 Å². The number of H-pyrrole nitrogens is 3. The van der Waals surface area contributed by atoms with Gasteiger partial charge in [0.05, 0.1) is 5.69 Å². The standard InChI is InChI=1S/C54H74N4O5/c1-12-38-34(8)41-27-43-36(10)40(23-24-47(59)63-26-25-33(7)22-16-21-32(6)20-15-19-31(5)18-14-17-30(3)4)51(57-43)49-50(54(61)62)53(60)48-37(11)44(58-52(48)49)29-46-39(13-2)35(9)42(56-46)28-45(38)55-41/h12,25,27-32,36,40,50,55-58H,1,13-24,26H2,2-11H3,(H,61,62)/b33-25-,42-28-,43-27-,46-29-,51-49-/t31-,32-,36+,40+,50-/m1/s1. The summed E-state index contributed by atoms with van der Waals surface area (Å²) in [5.41, 5.74) is 11.8. The van der Waals surface area contributed by atoms with E-state index in [9.17, 15) is 19.5 Å². The summed E-state index contributed by atoms with van der Waals surface area (Å²) in [5.74, 6) is -1.38. The predicted molar refractivity (Wildman–Crippen MR) is 257 cm³/mol. The summed E-state index contributed by atoms with van der Waals surface area (Å²) in [6.45, 7) is 26.2. The minimum absolute atomic E-state index is 0.128. The molecule has 0 aromatic carbocycles. The van der Waals surface area contributed by atoms with Crippen LogP contribution in [0.1, 0.15) is 180 Å². The number of aromatic amines is 3. The van der Waals surface area contributed by atoms with Crippen molar-refractivity contribution in [3.8, 4) is 0 Å². The van der Waals surface area contributed by atoms with Crippen LogP contribution in [0.15, 0.2) is 29.6 Å². The minimum atomic E-state index is -1.38. The number of allylic oxidation sites excluding steroid dienone is 3. The van der Waals surface area contributed by atoms with E-state index in [4.69, 9.17) is 4.74 Å². The first-order valence-electron chi connectivity index (χ1n) is 23.8. The van der Waals surface area contributed by atoms with Gasteiger partial charge in [-0.3, -0.25) is 14.4 Å². The molecule has 1 fully saturated rings. The molecule has 5 heterocycles. The molecular weight excluding hydrogens is 785 g/mol. The lowest BCUT2D eigenvalue weighted by molar-refractivity contribution is -0.143. The second kappa shape index (κ2) is 20.6. The van der Waals surface area contributed by atoms with Crippen molar-refractivity contribution >= 4 is 47.6 Å². The van der Waals surface area contributed by atoms with Crippen molar-refractivity contribution in [2.75, 3.05) is 6.61 Å². The fourth-order valence-corrected chi connectivity index (χ4v) is 10.3. The number of fused-ring (bicyclic) bond motifs is 7. The molecule has 340 valence electrons. The number of Topliss-reactive ketones (excluding diaryl/α,β-unsaturated/α-hetero) is 1. The maximum absolute atomic E-state index is 14.2. The van der Waals surface area contributed by atoms with Crippen LogP contribution in [-0.2, 0) is 20.7 Å². The number of nitrogens with one attached hydrogen (secondary N) is 4. The third-order valence-corrected chi connectivity index (χ3v) is 14.4. The van der Waals surface area contributed by atoms with E-state index in [-0.39, 0.29) is 30.8 Å². The fraction of sp³-hybridized carbons (Fsp3) is 0.537. The zero-order chi connectivity index (χ0) is 45.7. The monoisotopic (exact) mass is 859 g/mol. The SMILES string of the molecule is C=Cc1c2[nH]c(c1C)/C=C1\N/C(=C3\c4[nH]c(c(C)c4C(=O)[C@@H]3C(=O)O)/C=c3\[nH]/c(c(C)c3CC)=C\2)[C@@H](CCC(=O)OC/C=C(/C)CCC[C@H](C)CCC[C@H](C)CCCC(C)C)[C@@H]1C. The Balaban J connectivity index is 1.20. The number of aromatic nitrogens is 3. The third-order valence-electron chi connectivity index (χ3n) is 14.4. The minimum Gasteiger partial charge on any atom is -0.480 e. The summed E-state index contributed by atoms with van der Waals surface area (Å²) >= 11 is 0. The molecule has 1 saturated heterocycles. The smallest absolute Gasteiger partial charge is 0.319 e. The van der Waals surface area contributed by atoms with Crippen molar-refractivity contribution in [3.63, 3.8) is 0 Å². The number of carboxylic acids is 1. The first kappa shape index (κ1) is 47.4. The summed E-state index contributed by atoms with van der Waals surface area (Å²) in [6.07, 6.45) is 22.8. The number of esters is 1. The van der Waals surface area contributed by atoms with Gasteiger partial charge in [-0.2, -0.15) is 0 Å². The highest BCUT2D eigenvalue weighted by Crippen LogP contribution is 2.48. The van der Waals surface area contributed by atoms with Crippen LogP contribution in [0, 0.1) is 56.3 Å². The van der Waals surface area contributed by atoms with Gasteiger partial charge in [0.2, 0.25) is 0 Å². The Morgan fingerprint density at radius 2 is 1.49 bits per heavy atom. The molecular formula is C54H74N4O5.